The number of benzene rings is 1. The Morgan fingerprint density at radius 1 is 1.31 bits per heavy atom. The van der Waals surface area contributed by atoms with Crippen LogP contribution in [0.25, 0.3) is 10.2 Å². The van der Waals surface area contributed by atoms with Crippen LogP contribution in [0, 0.1) is 10.1 Å². The van der Waals surface area contributed by atoms with Gasteiger partial charge in [0.2, 0.25) is 5.76 Å². The molecule has 0 aliphatic carbocycles. The summed E-state index contributed by atoms with van der Waals surface area (Å²) in [6, 6.07) is 10.1. The summed E-state index contributed by atoms with van der Waals surface area (Å²) in [5.41, 5.74) is 0.956. The summed E-state index contributed by atoms with van der Waals surface area (Å²) < 4.78 is 10.9. The molecule has 1 saturated heterocycles. The number of nitrogens with zero attached hydrogens (tertiary/aromatic N) is 3. The van der Waals surface area contributed by atoms with Gasteiger partial charge in [0, 0.05) is 19.0 Å². The molecule has 150 valence electrons. The van der Waals surface area contributed by atoms with Crippen LogP contribution in [0.1, 0.15) is 34.3 Å². The highest BCUT2D eigenvalue weighted by Gasteiger charge is 2.28. The number of esters is 1. The molecule has 1 aliphatic rings. The van der Waals surface area contributed by atoms with Gasteiger partial charge in [0.25, 0.3) is 5.91 Å². The Labute approximate surface area is 169 Å². The number of hydrogen-bond donors (Lipinski definition) is 0. The van der Waals surface area contributed by atoms with Crippen LogP contribution in [-0.4, -0.2) is 46.4 Å². The van der Waals surface area contributed by atoms with Crippen molar-refractivity contribution in [1.82, 2.24) is 9.88 Å². The fourth-order valence-electron chi connectivity index (χ4n) is 3.30. The van der Waals surface area contributed by atoms with Crippen molar-refractivity contribution in [3.63, 3.8) is 0 Å². The predicted molar refractivity (Wildman–Crippen MR) is 104 cm³/mol. The average molecular weight is 415 g/mol. The van der Waals surface area contributed by atoms with Crippen molar-refractivity contribution < 1.29 is 23.7 Å². The van der Waals surface area contributed by atoms with Gasteiger partial charge in [-0.25, -0.2) is 9.78 Å². The van der Waals surface area contributed by atoms with Crippen LogP contribution < -0.4 is 0 Å². The Morgan fingerprint density at radius 2 is 2.14 bits per heavy atom. The summed E-state index contributed by atoms with van der Waals surface area (Å²) in [7, 11) is 0. The third-order valence-corrected chi connectivity index (χ3v) is 5.93. The number of ether oxygens (including phenoxy) is 1. The van der Waals surface area contributed by atoms with E-state index in [1.807, 2.05) is 24.3 Å². The molecule has 10 heteroatoms. The SMILES string of the molecule is O=C(OCC(=O)N1CCC[C@H](c2nc3ccccc3s2)C1)c1ccc([N+](=O)[O-])o1. The molecule has 0 bridgehead atoms. The Morgan fingerprint density at radius 3 is 2.90 bits per heavy atom. The van der Waals surface area contributed by atoms with Crippen LogP contribution in [0.2, 0.25) is 0 Å². The number of carbonyl (C=O) groups excluding carboxylic acids is 2. The molecule has 3 aromatic rings. The third-order valence-electron chi connectivity index (χ3n) is 4.73. The number of piperidine rings is 1. The quantitative estimate of drug-likeness (QED) is 0.356. The van der Waals surface area contributed by atoms with Crippen LogP contribution in [0.15, 0.2) is 40.8 Å². The van der Waals surface area contributed by atoms with E-state index in [-0.39, 0.29) is 17.6 Å². The molecule has 1 aromatic carbocycles. The molecule has 4 rings (SSSR count). The molecule has 29 heavy (non-hydrogen) atoms. The van der Waals surface area contributed by atoms with E-state index in [0.29, 0.717) is 13.1 Å². The maximum atomic E-state index is 12.5. The minimum atomic E-state index is -0.911. The molecule has 3 heterocycles. The molecular weight excluding hydrogens is 398 g/mol. The number of thiazole rings is 1. The zero-order valence-electron chi connectivity index (χ0n) is 15.3. The molecule has 1 aliphatic heterocycles. The van der Waals surface area contributed by atoms with Crippen LogP contribution in [0.5, 0.6) is 0 Å². The topological polar surface area (TPSA) is 116 Å². The zero-order chi connectivity index (χ0) is 20.4. The van der Waals surface area contributed by atoms with Gasteiger partial charge >= 0.3 is 11.9 Å². The van der Waals surface area contributed by atoms with E-state index >= 15 is 0 Å². The van der Waals surface area contributed by atoms with Crippen molar-refractivity contribution in [2.75, 3.05) is 19.7 Å². The highest BCUT2D eigenvalue weighted by atomic mass is 32.1. The summed E-state index contributed by atoms with van der Waals surface area (Å²) in [4.78, 5) is 40.6. The minimum absolute atomic E-state index is 0.147. The lowest BCUT2D eigenvalue weighted by molar-refractivity contribution is -0.402. The van der Waals surface area contributed by atoms with Gasteiger partial charge in [-0.1, -0.05) is 12.1 Å². The molecule has 2 aromatic heterocycles. The Kier molecular flexibility index (Phi) is 5.26. The van der Waals surface area contributed by atoms with Crippen molar-refractivity contribution in [3.8, 4) is 0 Å². The smallest absolute Gasteiger partial charge is 0.433 e. The zero-order valence-corrected chi connectivity index (χ0v) is 16.1. The second-order valence-electron chi connectivity index (χ2n) is 6.67. The van der Waals surface area contributed by atoms with E-state index in [1.165, 1.54) is 0 Å². The van der Waals surface area contributed by atoms with Gasteiger partial charge in [-0.3, -0.25) is 14.9 Å². The lowest BCUT2D eigenvalue weighted by Gasteiger charge is -2.31. The number of hydrogen-bond acceptors (Lipinski definition) is 8. The van der Waals surface area contributed by atoms with E-state index in [1.54, 1.807) is 16.2 Å². The number of fused-ring (bicyclic) bond motifs is 1. The first kappa shape index (κ1) is 19.1. The van der Waals surface area contributed by atoms with Gasteiger partial charge in [0.1, 0.15) is 4.92 Å². The van der Waals surface area contributed by atoms with Crippen LogP contribution in [-0.2, 0) is 9.53 Å². The first-order chi connectivity index (χ1) is 14.0. The van der Waals surface area contributed by atoms with Gasteiger partial charge in [0.15, 0.2) is 6.61 Å². The van der Waals surface area contributed by atoms with Gasteiger partial charge in [0.05, 0.1) is 21.3 Å². The molecular formula is C19H17N3O6S. The van der Waals surface area contributed by atoms with Gasteiger partial charge in [-0.15, -0.1) is 11.3 Å². The summed E-state index contributed by atoms with van der Waals surface area (Å²) in [5, 5.41) is 11.6. The van der Waals surface area contributed by atoms with Crippen LogP contribution >= 0.6 is 11.3 Å². The molecule has 1 atom stereocenters. The van der Waals surface area contributed by atoms with Crippen LogP contribution in [0.4, 0.5) is 5.88 Å². The third kappa shape index (κ3) is 4.11. The number of carbonyl (C=O) groups is 2. The van der Waals surface area contributed by atoms with Crippen molar-refractivity contribution in [2.45, 2.75) is 18.8 Å². The van der Waals surface area contributed by atoms with E-state index in [0.717, 1.165) is 40.2 Å². The lowest BCUT2D eigenvalue weighted by Crippen LogP contribution is -2.41. The number of aromatic nitrogens is 1. The summed E-state index contributed by atoms with van der Waals surface area (Å²) >= 11 is 1.64. The number of nitro groups is 1. The molecule has 0 saturated carbocycles. The predicted octanol–water partition coefficient (Wildman–Crippen LogP) is 3.36. The lowest BCUT2D eigenvalue weighted by atomic mass is 9.99. The van der Waals surface area contributed by atoms with Crippen molar-refractivity contribution in [2.24, 2.45) is 0 Å². The largest absolute Gasteiger partial charge is 0.450 e. The van der Waals surface area contributed by atoms with E-state index in [2.05, 4.69) is 4.98 Å². The number of amides is 1. The summed E-state index contributed by atoms with van der Waals surface area (Å²) in [6.07, 6.45) is 1.78. The van der Waals surface area contributed by atoms with Crippen LogP contribution in [0.3, 0.4) is 0 Å². The van der Waals surface area contributed by atoms with Crippen molar-refractivity contribution >= 4 is 39.3 Å². The maximum Gasteiger partial charge on any atom is 0.433 e. The monoisotopic (exact) mass is 415 g/mol. The molecule has 0 spiro atoms. The maximum absolute atomic E-state index is 12.5. The van der Waals surface area contributed by atoms with Crippen molar-refractivity contribution in [1.29, 1.82) is 0 Å². The van der Waals surface area contributed by atoms with E-state index < -0.39 is 23.4 Å². The molecule has 9 nitrogen and oxygen atoms in total. The Bertz CT molecular complexity index is 1040. The molecule has 0 unspecified atom stereocenters. The number of likely N-dealkylation sites (tertiary alicyclic amines) is 1. The second kappa shape index (κ2) is 8.00. The highest BCUT2D eigenvalue weighted by molar-refractivity contribution is 7.18. The Hall–Kier alpha value is -3.27. The van der Waals surface area contributed by atoms with E-state index in [9.17, 15) is 19.7 Å². The second-order valence-corrected chi connectivity index (χ2v) is 7.73. The molecule has 1 amide bonds. The fraction of sp³-hybridized carbons (Fsp3) is 0.316. The molecule has 0 radical (unpaired) electrons. The summed E-state index contributed by atoms with van der Waals surface area (Å²) in [6.45, 7) is 0.659. The fourth-order valence-corrected chi connectivity index (χ4v) is 4.39. The van der Waals surface area contributed by atoms with Gasteiger partial charge in [-0.2, -0.15) is 0 Å². The number of rotatable bonds is 5. The standard InChI is InChI=1S/C19H17N3O6S/c23-16(11-27-19(24)14-7-8-17(28-14)22(25)26)21-9-3-4-12(10-21)18-20-13-5-1-2-6-15(13)29-18/h1-2,5-8,12H,3-4,9-11H2/t12-/m0/s1. The molecule has 0 N–H and O–H groups in total. The minimum Gasteiger partial charge on any atom is -0.450 e. The Balaban J connectivity index is 1.35. The number of para-hydroxylation sites is 1. The van der Waals surface area contributed by atoms with Gasteiger partial charge < -0.3 is 14.1 Å². The number of furan rings is 1. The van der Waals surface area contributed by atoms with Gasteiger partial charge in [-0.05, 0) is 31.0 Å². The van der Waals surface area contributed by atoms with E-state index in [4.69, 9.17) is 9.15 Å². The summed E-state index contributed by atoms with van der Waals surface area (Å²) in [5.74, 6) is -1.95. The highest BCUT2D eigenvalue weighted by Crippen LogP contribution is 2.33. The average Bonchev–Trinajstić information content (AvgIpc) is 3.39. The first-order valence-electron chi connectivity index (χ1n) is 9.06. The first-order valence-corrected chi connectivity index (χ1v) is 9.87. The normalized spacial score (nSPS) is 16.7. The van der Waals surface area contributed by atoms with Crippen molar-refractivity contribution in [3.05, 3.63) is 57.3 Å². The molecule has 1 fully saturated rings.